The number of para-hydroxylation sites is 1. The van der Waals surface area contributed by atoms with Gasteiger partial charge in [0, 0.05) is 18.4 Å². The number of carbonyl (C=O) groups is 5. The minimum absolute atomic E-state index is 0.0228. The van der Waals surface area contributed by atoms with Crippen LogP contribution in [0, 0.1) is 11.8 Å². The van der Waals surface area contributed by atoms with Crippen molar-refractivity contribution in [3.8, 4) is 5.75 Å². The van der Waals surface area contributed by atoms with Crippen molar-refractivity contribution in [2.75, 3.05) is 0 Å². The van der Waals surface area contributed by atoms with Crippen LogP contribution in [0.3, 0.4) is 0 Å². The van der Waals surface area contributed by atoms with Crippen molar-refractivity contribution in [1.29, 1.82) is 0 Å². The maximum Gasteiger partial charge on any atom is 0.243 e. The molecule has 5 amide bonds. The van der Waals surface area contributed by atoms with E-state index >= 15 is 0 Å². The molecule has 0 fully saturated rings. The predicted octanol–water partition coefficient (Wildman–Crippen LogP) is 2.55. The summed E-state index contributed by atoms with van der Waals surface area (Å²) < 4.78 is 0. The number of benzene rings is 3. The summed E-state index contributed by atoms with van der Waals surface area (Å²) in [4.78, 5) is 66.2. The van der Waals surface area contributed by atoms with Crippen molar-refractivity contribution in [1.82, 2.24) is 21.3 Å². The van der Waals surface area contributed by atoms with Crippen LogP contribution in [0.25, 0.3) is 0 Å². The van der Waals surface area contributed by atoms with E-state index in [4.69, 9.17) is 5.73 Å². The number of phenols is 1. The molecule has 3 aromatic rings. The van der Waals surface area contributed by atoms with Gasteiger partial charge in [0.15, 0.2) is 0 Å². The highest BCUT2D eigenvalue weighted by Gasteiger charge is 2.33. The van der Waals surface area contributed by atoms with E-state index in [0.29, 0.717) is 12.0 Å². The smallest absolute Gasteiger partial charge is 0.243 e. The van der Waals surface area contributed by atoms with Gasteiger partial charge in [0.1, 0.15) is 29.9 Å². The lowest BCUT2D eigenvalue weighted by atomic mass is 9.98. The average Bonchev–Trinajstić information content (AvgIpc) is 3.04. The fourth-order valence-electron chi connectivity index (χ4n) is 5.24. The Hall–Kier alpha value is -5.19. The molecule has 0 aliphatic rings. The zero-order valence-corrected chi connectivity index (χ0v) is 27.9. The van der Waals surface area contributed by atoms with Crippen molar-refractivity contribution >= 4 is 29.5 Å². The summed E-state index contributed by atoms with van der Waals surface area (Å²) in [5, 5.41) is 21.1. The minimum atomic E-state index is -1.10. The van der Waals surface area contributed by atoms with Crippen LogP contribution in [0.5, 0.6) is 5.75 Å². The lowest BCUT2D eigenvalue weighted by molar-refractivity contribution is -0.135. The van der Waals surface area contributed by atoms with E-state index in [0.717, 1.165) is 11.1 Å². The Balaban J connectivity index is 1.77. The highest BCUT2D eigenvalue weighted by molar-refractivity contribution is 5.95. The monoisotopic (exact) mass is 657 g/mol. The van der Waals surface area contributed by atoms with Gasteiger partial charge in [0.25, 0.3) is 0 Å². The topological polar surface area (TPSA) is 180 Å². The van der Waals surface area contributed by atoms with E-state index in [-0.39, 0.29) is 36.8 Å². The number of amides is 5. The van der Waals surface area contributed by atoms with E-state index in [1.54, 1.807) is 32.0 Å². The third-order valence-electron chi connectivity index (χ3n) is 7.81. The number of hydrogen-bond acceptors (Lipinski definition) is 6. The van der Waals surface area contributed by atoms with Crippen molar-refractivity contribution in [2.45, 2.75) is 77.5 Å². The van der Waals surface area contributed by atoms with Gasteiger partial charge in [-0.2, -0.15) is 0 Å². The Morgan fingerprint density at radius 1 is 0.625 bits per heavy atom. The van der Waals surface area contributed by atoms with Crippen LogP contribution in [0.1, 0.15) is 50.8 Å². The second-order valence-corrected chi connectivity index (χ2v) is 12.7. The summed E-state index contributed by atoms with van der Waals surface area (Å²) in [5.41, 5.74) is 7.64. The van der Waals surface area contributed by atoms with Gasteiger partial charge in [-0.1, -0.05) is 107 Å². The van der Waals surface area contributed by atoms with Crippen LogP contribution in [0.15, 0.2) is 84.9 Å². The Labute approximate surface area is 282 Å². The Kier molecular flexibility index (Phi) is 14.2. The molecule has 11 nitrogen and oxygen atoms in total. The van der Waals surface area contributed by atoms with E-state index < -0.39 is 53.7 Å². The summed E-state index contributed by atoms with van der Waals surface area (Å²) in [5.74, 6) is -3.30. The number of nitrogens with one attached hydrogen (secondary N) is 4. The maximum absolute atomic E-state index is 13.8. The number of rotatable bonds is 17. The molecule has 3 aromatic carbocycles. The van der Waals surface area contributed by atoms with Gasteiger partial charge in [0.05, 0.1) is 6.42 Å². The molecule has 0 saturated carbocycles. The summed E-state index contributed by atoms with van der Waals surface area (Å²) in [6.45, 7) is 7.33. The normalized spacial score (nSPS) is 13.5. The van der Waals surface area contributed by atoms with Crippen LogP contribution in [0.4, 0.5) is 0 Å². The van der Waals surface area contributed by atoms with Crippen LogP contribution >= 0.6 is 0 Å². The first kappa shape index (κ1) is 37.3. The standard InChI is InChI=1S/C37H47N5O6/c1-23(2)19-29(39-32(44)22-27-17-11-12-18-31(27)43)36(47)42-33(24(3)4)37(48)41-30(21-26-15-9-6-10-16-26)35(46)40-28(34(38)45)20-25-13-7-5-8-14-25/h5-18,23-24,28-30,33,43H,19-22H2,1-4H3,(H2,38,45)(H,39,44)(H,40,46)(H,41,48)(H,42,47)/t28-,29-,30-,33-/m1/s1. The van der Waals surface area contributed by atoms with Crippen molar-refractivity contribution in [3.63, 3.8) is 0 Å². The van der Waals surface area contributed by atoms with Gasteiger partial charge in [-0.05, 0) is 35.4 Å². The van der Waals surface area contributed by atoms with Crippen LogP contribution in [0.2, 0.25) is 0 Å². The van der Waals surface area contributed by atoms with E-state index in [1.165, 1.54) is 6.07 Å². The molecule has 256 valence electrons. The Morgan fingerprint density at radius 2 is 1.12 bits per heavy atom. The van der Waals surface area contributed by atoms with Crippen LogP contribution in [-0.2, 0) is 43.2 Å². The number of carbonyl (C=O) groups excluding carboxylic acids is 5. The molecule has 3 rings (SSSR count). The quantitative estimate of drug-likeness (QED) is 0.130. The van der Waals surface area contributed by atoms with Crippen molar-refractivity contribution in [2.24, 2.45) is 17.6 Å². The molecule has 7 N–H and O–H groups in total. The van der Waals surface area contributed by atoms with Crippen molar-refractivity contribution in [3.05, 3.63) is 102 Å². The Morgan fingerprint density at radius 3 is 1.65 bits per heavy atom. The minimum Gasteiger partial charge on any atom is -0.508 e. The van der Waals surface area contributed by atoms with E-state index in [9.17, 15) is 29.1 Å². The lowest BCUT2D eigenvalue weighted by Gasteiger charge is -2.28. The van der Waals surface area contributed by atoms with Crippen molar-refractivity contribution < 1.29 is 29.1 Å². The molecule has 0 saturated heterocycles. The molecular formula is C37H47N5O6. The van der Waals surface area contributed by atoms with Gasteiger partial charge in [-0.25, -0.2) is 0 Å². The maximum atomic E-state index is 13.8. The first-order valence-electron chi connectivity index (χ1n) is 16.2. The molecule has 0 aliphatic heterocycles. The molecule has 0 radical (unpaired) electrons. The zero-order chi connectivity index (χ0) is 35.2. The lowest BCUT2D eigenvalue weighted by Crippen LogP contribution is -2.60. The molecule has 0 aliphatic carbocycles. The summed E-state index contributed by atoms with van der Waals surface area (Å²) in [6.07, 6.45) is 0.465. The highest BCUT2D eigenvalue weighted by Crippen LogP contribution is 2.17. The second-order valence-electron chi connectivity index (χ2n) is 12.7. The Bertz CT molecular complexity index is 1530. The SMILES string of the molecule is CC(C)C[C@@H](NC(=O)Cc1ccccc1O)C(=O)N[C@@H](C(=O)N[C@H](Cc1ccccc1)C(=O)N[C@H](Cc1ccccc1)C(N)=O)C(C)C. The molecule has 0 bridgehead atoms. The fourth-order valence-corrected chi connectivity index (χ4v) is 5.24. The van der Waals surface area contributed by atoms with E-state index in [2.05, 4.69) is 21.3 Å². The highest BCUT2D eigenvalue weighted by atomic mass is 16.3. The van der Waals surface area contributed by atoms with Gasteiger partial charge in [-0.15, -0.1) is 0 Å². The number of nitrogens with two attached hydrogens (primary N) is 1. The zero-order valence-electron chi connectivity index (χ0n) is 27.9. The largest absolute Gasteiger partial charge is 0.508 e. The van der Waals surface area contributed by atoms with Gasteiger partial charge >= 0.3 is 0 Å². The second kappa shape index (κ2) is 18.2. The molecule has 0 spiro atoms. The first-order chi connectivity index (χ1) is 22.8. The number of primary amides is 1. The summed E-state index contributed by atoms with van der Waals surface area (Å²) in [7, 11) is 0. The molecule has 0 aromatic heterocycles. The molecule has 0 heterocycles. The first-order valence-corrected chi connectivity index (χ1v) is 16.2. The predicted molar refractivity (Wildman–Crippen MR) is 183 cm³/mol. The molecular weight excluding hydrogens is 610 g/mol. The summed E-state index contributed by atoms with van der Waals surface area (Å²) >= 11 is 0. The third kappa shape index (κ3) is 11.9. The third-order valence-corrected chi connectivity index (χ3v) is 7.81. The number of aromatic hydroxyl groups is 1. The van der Waals surface area contributed by atoms with Crippen LogP contribution < -0.4 is 27.0 Å². The molecule has 0 unspecified atom stereocenters. The number of hydrogen-bond donors (Lipinski definition) is 6. The van der Waals surface area contributed by atoms with Crippen LogP contribution in [-0.4, -0.2) is 58.8 Å². The molecule has 4 atom stereocenters. The van der Waals surface area contributed by atoms with Gasteiger partial charge in [0.2, 0.25) is 29.5 Å². The van der Waals surface area contributed by atoms with E-state index in [1.807, 2.05) is 74.5 Å². The molecule has 48 heavy (non-hydrogen) atoms. The summed E-state index contributed by atoms with van der Waals surface area (Å²) in [6, 6.07) is 20.6. The number of phenolic OH excluding ortho intramolecular Hbond substituents is 1. The molecule has 11 heteroatoms. The van der Waals surface area contributed by atoms with Gasteiger partial charge < -0.3 is 32.1 Å². The van der Waals surface area contributed by atoms with Gasteiger partial charge in [-0.3, -0.25) is 24.0 Å². The average molecular weight is 658 g/mol. The fraction of sp³-hybridized carbons (Fsp3) is 0.378.